The highest BCUT2D eigenvalue weighted by molar-refractivity contribution is 5.94. The van der Waals surface area contributed by atoms with Crippen molar-refractivity contribution < 1.29 is 28.2 Å². The van der Waals surface area contributed by atoms with Crippen LogP contribution in [0.5, 0.6) is 0 Å². The molecule has 200 valence electrons. The van der Waals surface area contributed by atoms with Crippen molar-refractivity contribution in [2.45, 2.75) is 69.9 Å². The van der Waals surface area contributed by atoms with Crippen LogP contribution in [-0.4, -0.2) is 46.2 Å². The van der Waals surface area contributed by atoms with Gasteiger partial charge in [-0.1, -0.05) is 18.2 Å². The van der Waals surface area contributed by atoms with Crippen LogP contribution in [0.4, 0.5) is 13.6 Å². The van der Waals surface area contributed by atoms with Crippen LogP contribution < -0.4 is 0 Å². The lowest BCUT2D eigenvalue weighted by Gasteiger charge is -2.54. The Labute approximate surface area is 220 Å². The Morgan fingerprint density at radius 1 is 1.13 bits per heavy atom. The van der Waals surface area contributed by atoms with Gasteiger partial charge in [-0.15, -0.1) is 0 Å². The maximum absolute atomic E-state index is 14.0. The standard InChI is InChI=1S/C30H32F2N2O4/c1-18-13-23(19-3-4-19)24(22-9-11-34(26(18)22)28(36)37)15-33-12-10-29(16-30(31,32)17-29)14-25(33)20-5-7-21(8-6-20)27(35)38-2/h5-9,11,13,19,25H,3-4,10,12,14-17H2,1-2H3,(H,36,37)/t25-/m0/s1. The van der Waals surface area contributed by atoms with Crippen molar-refractivity contribution >= 4 is 23.0 Å². The molecule has 8 heteroatoms. The van der Waals surface area contributed by atoms with Crippen LogP contribution in [0.3, 0.4) is 0 Å². The van der Waals surface area contributed by atoms with Crippen LogP contribution in [0.2, 0.25) is 0 Å². The van der Waals surface area contributed by atoms with Crippen LogP contribution in [0.1, 0.15) is 83.1 Å². The summed E-state index contributed by atoms with van der Waals surface area (Å²) < 4.78 is 34.2. The lowest BCUT2D eigenvalue weighted by molar-refractivity contribution is -0.186. The summed E-state index contributed by atoms with van der Waals surface area (Å²) in [6.07, 6.45) is 4.03. The highest BCUT2D eigenvalue weighted by Gasteiger charge is 2.58. The zero-order valence-electron chi connectivity index (χ0n) is 21.7. The van der Waals surface area contributed by atoms with E-state index in [1.165, 1.54) is 17.2 Å². The number of nitrogens with zero attached hydrogens (tertiary/aromatic N) is 2. The fourth-order valence-corrected chi connectivity index (χ4v) is 6.94. The van der Waals surface area contributed by atoms with Crippen molar-refractivity contribution in [3.63, 3.8) is 0 Å². The third-order valence-corrected chi connectivity index (χ3v) is 8.87. The van der Waals surface area contributed by atoms with Crippen LogP contribution >= 0.6 is 0 Å². The summed E-state index contributed by atoms with van der Waals surface area (Å²) in [6, 6.07) is 11.3. The number of ether oxygens (including phenoxy) is 1. The molecule has 2 heterocycles. The maximum atomic E-state index is 14.0. The molecular formula is C30H32F2N2O4. The van der Waals surface area contributed by atoms with Gasteiger partial charge in [0.1, 0.15) is 0 Å². The summed E-state index contributed by atoms with van der Waals surface area (Å²) in [5, 5.41) is 10.7. The second-order valence-electron chi connectivity index (χ2n) is 11.5. The van der Waals surface area contributed by atoms with Gasteiger partial charge in [-0.3, -0.25) is 9.47 Å². The summed E-state index contributed by atoms with van der Waals surface area (Å²) in [5.74, 6) is -2.53. The number of carboxylic acid groups (broad SMARTS) is 1. The molecule has 2 saturated carbocycles. The Morgan fingerprint density at radius 3 is 2.45 bits per heavy atom. The molecule has 38 heavy (non-hydrogen) atoms. The minimum absolute atomic E-state index is 0.0753. The number of piperidine rings is 1. The number of rotatable bonds is 5. The SMILES string of the molecule is COC(=O)c1ccc([C@@H]2CC3(CCN2Cc2c(C4CC4)cc(C)c4c2ccn4C(=O)O)CC(F)(F)C3)cc1. The van der Waals surface area contributed by atoms with E-state index in [2.05, 4.69) is 11.0 Å². The molecule has 0 bridgehead atoms. The highest BCUT2D eigenvalue weighted by atomic mass is 19.3. The van der Waals surface area contributed by atoms with Crippen LogP contribution in [-0.2, 0) is 11.3 Å². The second kappa shape index (κ2) is 8.90. The van der Waals surface area contributed by atoms with Crippen molar-refractivity contribution in [2.75, 3.05) is 13.7 Å². The van der Waals surface area contributed by atoms with E-state index in [-0.39, 0.29) is 24.3 Å². The first-order valence-corrected chi connectivity index (χ1v) is 13.3. The largest absolute Gasteiger partial charge is 0.465 e. The van der Waals surface area contributed by atoms with E-state index < -0.39 is 18.0 Å². The molecular weight excluding hydrogens is 490 g/mol. The first kappa shape index (κ1) is 25.0. The molecule has 1 aliphatic heterocycles. The number of fused-ring (bicyclic) bond motifs is 1. The molecule has 2 aliphatic carbocycles. The summed E-state index contributed by atoms with van der Waals surface area (Å²) >= 11 is 0. The minimum atomic E-state index is -2.59. The summed E-state index contributed by atoms with van der Waals surface area (Å²) in [6.45, 7) is 3.26. The number of halogens is 2. The number of benzene rings is 2. The Bertz CT molecular complexity index is 1420. The van der Waals surface area contributed by atoms with Crippen molar-refractivity contribution in [1.82, 2.24) is 9.47 Å². The third-order valence-electron chi connectivity index (χ3n) is 8.87. The smallest absolute Gasteiger partial charge is 0.416 e. The Morgan fingerprint density at radius 2 is 1.84 bits per heavy atom. The molecule has 3 fully saturated rings. The number of hydrogen-bond acceptors (Lipinski definition) is 4. The van der Waals surface area contributed by atoms with E-state index in [4.69, 9.17) is 4.74 Å². The van der Waals surface area contributed by atoms with Gasteiger partial charge in [0.25, 0.3) is 0 Å². The Kier molecular flexibility index (Phi) is 5.87. The average Bonchev–Trinajstić information content (AvgIpc) is 3.61. The lowest BCUT2D eigenvalue weighted by Crippen LogP contribution is -2.53. The van der Waals surface area contributed by atoms with Crippen LogP contribution in [0.25, 0.3) is 10.9 Å². The van der Waals surface area contributed by atoms with Gasteiger partial charge < -0.3 is 9.84 Å². The Hall–Kier alpha value is -3.26. The Balaban J connectivity index is 1.39. The van der Waals surface area contributed by atoms with Crippen molar-refractivity contribution in [2.24, 2.45) is 5.41 Å². The van der Waals surface area contributed by atoms with E-state index in [1.807, 2.05) is 25.1 Å². The van der Waals surface area contributed by atoms with Gasteiger partial charge >= 0.3 is 12.1 Å². The molecule has 2 aromatic carbocycles. The number of hydrogen-bond donors (Lipinski definition) is 1. The van der Waals surface area contributed by atoms with Gasteiger partial charge in [-0.25, -0.2) is 18.4 Å². The van der Waals surface area contributed by atoms with E-state index >= 15 is 0 Å². The quantitative estimate of drug-likeness (QED) is 0.370. The monoisotopic (exact) mass is 522 g/mol. The molecule has 6 rings (SSSR count). The summed E-state index contributed by atoms with van der Waals surface area (Å²) in [7, 11) is 1.34. The van der Waals surface area contributed by atoms with Crippen LogP contribution in [0.15, 0.2) is 42.6 Å². The number of likely N-dealkylation sites (tertiary alicyclic amines) is 1. The molecule has 0 unspecified atom stereocenters. The predicted molar refractivity (Wildman–Crippen MR) is 139 cm³/mol. The average molecular weight is 523 g/mol. The molecule has 3 aliphatic rings. The van der Waals surface area contributed by atoms with Gasteiger partial charge in [-0.2, -0.15) is 0 Å². The zero-order valence-corrected chi connectivity index (χ0v) is 21.7. The number of carbonyl (C=O) groups is 2. The number of alkyl halides is 2. The molecule has 0 amide bonds. The van der Waals surface area contributed by atoms with Gasteiger partial charge in [0.05, 0.1) is 18.2 Å². The molecule has 6 nitrogen and oxygen atoms in total. The molecule has 3 aromatic rings. The fraction of sp³-hybridized carbons (Fsp3) is 0.467. The van der Waals surface area contributed by atoms with Gasteiger partial charge in [0, 0.05) is 37.0 Å². The highest BCUT2D eigenvalue weighted by Crippen LogP contribution is 2.60. The fourth-order valence-electron chi connectivity index (χ4n) is 6.94. The molecule has 1 N–H and O–H groups in total. The molecule has 0 radical (unpaired) electrons. The first-order valence-electron chi connectivity index (χ1n) is 13.3. The van der Waals surface area contributed by atoms with E-state index in [0.29, 0.717) is 42.9 Å². The molecule has 1 atom stereocenters. The van der Waals surface area contributed by atoms with Crippen LogP contribution in [0, 0.1) is 12.3 Å². The van der Waals surface area contributed by atoms with Crippen molar-refractivity contribution in [1.29, 1.82) is 0 Å². The van der Waals surface area contributed by atoms with Gasteiger partial charge in [0.15, 0.2) is 0 Å². The normalized spacial score (nSPS) is 22.4. The third kappa shape index (κ3) is 4.28. The number of methoxy groups -OCH3 is 1. The lowest BCUT2D eigenvalue weighted by atomic mass is 9.59. The van der Waals surface area contributed by atoms with E-state index in [1.54, 1.807) is 18.3 Å². The predicted octanol–water partition coefficient (Wildman–Crippen LogP) is 6.89. The molecule has 1 saturated heterocycles. The van der Waals surface area contributed by atoms with Crippen molar-refractivity contribution in [3.05, 3.63) is 70.4 Å². The van der Waals surface area contributed by atoms with Gasteiger partial charge in [-0.05, 0) is 90.9 Å². The number of esters is 1. The number of aryl methyl sites for hydroxylation is 1. The zero-order chi connectivity index (χ0) is 26.8. The second-order valence-corrected chi connectivity index (χ2v) is 11.5. The summed E-state index contributed by atoms with van der Waals surface area (Å²) in [5.41, 5.74) is 5.14. The molecule has 1 aromatic heterocycles. The number of aromatic nitrogens is 1. The van der Waals surface area contributed by atoms with E-state index in [9.17, 15) is 23.5 Å². The minimum Gasteiger partial charge on any atom is -0.465 e. The topological polar surface area (TPSA) is 71.8 Å². The summed E-state index contributed by atoms with van der Waals surface area (Å²) in [4.78, 5) is 26.3. The first-order chi connectivity index (χ1) is 18.1. The van der Waals surface area contributed by atoms with E-state index in [0.717, 1.165) is 34.9 Å². The van der Waals surface area contributed by atoms with Gasteiger partial charge in [0.2, 0.25) is 5.92 Å². The molecule has 1 spiro atoms. The maximum Gasteiger partial charge on any atom is 0.416 e. The number of carbonyl (C=O) groups excluding carboxylic acids is 1. The van der Waals surface area contributed by atoms with Crippen molar-refractivity contribution in [3.8, 4) is 0 Å².